The molecule has 4 nitrogen and oxygen atoms in total. The fourth-order valence-electron chi connectivity index (χ4n) is 1.73. The zero-order valence-corrected chi connectivity index (χ0v) is 12.1. The molecule has 4 heteroatoms. The number of carboxylic acids is 1. The molecule has 1 rings (SSSR count). The lowest BCUT2D eigenvalue weighted by Crippen LogP contribution is -2.14. The number of rotatable bonds is 6. The van der Waals surface area contributed by atoms with Gasteiger partial charge in [0, 0.05) is 18.2 Å². The summed E-state index contributed by atoms with van der Waals surface area (Å²) >= 11 is 0. The average Bonchev–Trinajstić information content (AvgIpc) is 2.38. The standard InChI is InChI=1S/C16H21NO3/c1-4-11(2)9-15(18)17-14-7-5-12(3)13(10-14)6-8-16(19)20/h5-8,10-11H,4,9H2,1-3H3,(H,17,18)(H,19,20)/b8-6+. The fourth-order valence-corrected chi connectivity index (χ4v) is 1.73. The molecule has 1 aromatic carbocycles. The third-order valence-corrected chi connectivity index (χ3v) is 3.20. The van der Waals surface area contributed by atoms with Crippen LogP contribution in [0.5, 0.6) is 0 Å². The van der Waals surface area contributed by atoms with Gasteiger partial charge in [-0.05, 0) is 42.2 Å². The van der Waals surface area contributed by atoms with Crippen molar-refractivity contribution in [2.75, 3.05) is 5.32 Å². The molecule has 0 saturated heterocycles. The van der Waals surface area contributed by atoms with Gasteiger partial charge < -0.3 is 10.4 Å². The summed E-state index contributed by atoms with van der Waals surface area (Å²) in [4.78, 5) is 22.4. The van der Waals surface area contributed by atoms with Crippen LogP contribution in [0.4, 0.5) is 5.69 Å². The Labute approximate surface area is 119 Å². The first-order valence-electron chi connectivity index (χ1n) is 6.74. The topological polar surface area (TPSA) is 66.4 Å². The summed E-state index contributed by atoms with van der Waals surface area (Å²) in [5, 5.41) is 11.5. The fraction of sp³-hybridized carbons (Fsp3) is 0.375. The highest BCUT2D eigenvalue weighted by Crippen LogP contribution is 2.18. The quantitative estimate of drug-likeness (QED) is 0.781. The predicted octanol–water partition coefficient (Wildman–Crippen LogP) is 3.47. The predicted molar refractivity (Wildman–Crippen MR) is 80.6 cm³/mol. The number of carbonyl (C=O) groups is 2. The Hall–Kier alpha value is -2.10. The maximum absolute atomic E-state index is 11.8. The third-order valence-electron chi connectivity index (χ3n) is 3.20. The van der Waals surface area contributed by atoms with Gasteiger partial charge in [0.1, 0.15) is 0 Å². The molecule has 0 aliphatic carbocycles. The summed E-state index contributed by atoms with van der Waals surface area (Å²) < 4.78 is 0. The van der Waals surface area contributed by atoms with E-state index >= 15 is 0 Å². The number of anilines is 1. The zero-order chi connectivity index (χ0) is 15.1. The molecule has 1 unspecified atom stereocenters. The molecular weight excluding hydrogens is 254 g/mol. The molecule has 1 atom stereocenters. The lowest BCUT2D eigenvalue weighted by Gasteiger charge is -2.10. The molecule has 20 heavy (non-hydrogen) atoms. The van der Waals surface area contributed by atoms with Crippen LogP contribution in [0.25, 0.3) is 6.08 Å². The number of benzene rings is 1. The lowest BCUT2D eigenvalue weighted by molar-refractivity contribution is -0.131. The van der Waals surface area contributed by atoms with Crippen LogP contribution in [0.15, 0.2) is 24.3 Å². The summed E-state index contributed by atoms with van der Waals surface area (Å²) in [5.74, 6) is -0.654. The van der Waals surface area contributed by atoms with Crippen LogP contribution in [-0.2, 0) is 9.59 Å². The normalized spacial score (nSPS) is 12.3. The van der Waals surface area contributed by atoms with E-state index in [1.54, 1.807) is 6.07 Å². The van der Waals surface area contributed by atoms with Crippen LogP contribution in [0, 0.1) is 12.8 Å². The molecule has 0 aliphatic heterocycles. The van der Waals surface area contributed by atoms with E-state index in [2.05, 4.69) is 12.2 Å². The molecule has 108 valence electrons. The molecule has 0 saturated carbocycles. The Morgan fingerprint density at radius 1 is 1.40 bits per heavy atom. The van der Waals surface area contributed by atoms with Gasteiger partial charge in [-0.1, -0.05) is 26.3 Å². The Morgan fingerprint density at radius 3 is 2.70 bits per heavy atom. The van der Waals surface area contributed by atoms with Gasteiger partial charge in [-0.3, -0.25) is 4.79 Å². The smallest absolute Gasteiger partial charge is 0.328 e. The van der Waals surface area contributed by atoms with Crippen molar-refractivity contribution in [3.05, 3.63) is 35.4 Å². The van der Waals surface area contributed by atoms with E-state index in [0.29, 0.717) is 18.0 Å². The first-order valence-corrected chi connectivity index (χ1v) is 6.74. The average molecular weight is 275 g/mol. The Balaban J connectivity index is 2.79. The van der Waals surface area contributed by atoms with E-state index in [4.69, 9.17) is 5.11 Å². The van der Waals surface area contributed by atoms with Crippen molar-refractivity contribution < 1.29 is 14.7 Å². The maximum Gasteiger partial charge on any atom is 0.328 e. The Bertz CT molecular complexity index is 520. The third kappa shape index (κ3) is 5.26. The monoisotopic (exact) mass is 275 g/mol. The van der Waals surface area contributed by atoms with E-state index in [9.17, 15) is 9.59 Å². The van der Waals surface area contributed by atoms with Crippen LogP contribution < -0.4 is 5.32 Å². The summed E-state index contributed by atoms with van der Waals surface area (Å²) in [5.41, 5.74) is 2.44. The maximum atomic E-state index is 11.8. The van der Waals surface area contributed by atoms with E-state index in [0.717, 1.165) is 23.6 Å². The van der Waals surface area contributed by atoms with E-state index in [1.807, 2.05) is 26.0 Å². The van der Waals surface area contributed by atoms with Gasteiger partial charge in [0.25, 0.3) is 0 Å². The minimum Gasteiger partial charge on any atom is -0.478 e. The summed E-state index contributed by atoms with van der Waals surface area (Å²) in [6.07, 6.45) is 4.08. The minimum atomic E-state index is -0.990. The first-order chi connectivity index (χ1) is 9.42. The van der Waals surface area contributed by atoms with Gasteiger partial charge in [-0.15, -0.1) is 0 Å². The molecule has 0 radical (unpaired) electrons. The summed E-state index contributed by atoms with van der Waals surface area (Å²) in [6, 6.07) is 5.46. The summed E-state index contributed by atoms with van der Waals surface area (Å²) in [6.45, 7) is 5.99. The Kier molecular flexibility index (Phi) is 5.97. The number of nitrogens with one attached hydrogen (secondary N) is 1. The lowest BCUT2D eigenvalue weighted by atomic mass is 10.0. The minimum absolute atomic E-state index is 0.0173. The highest BCUT2D eigenvalue weighted by molar-refractivity contribution is 5.91. The van der Waals surface area contributed by atoms with Gasteiger partial charge in [0.15, 0.2) is 0 Å². The van der Waals surface area contributed by atoms with Gasteiger partial charge in [-0.2, -0.15) is 0 Å². The van der Waals surface area contributed by atoms with Crippen molar-refractivity contribution in [2.24, 2.45) is 5.92 Å². The second-order valence-corrected chi connectivity index (χ2v) is 5.01. The zero-order valence-electron chi connectivity index (χ0n) is 12.1. The molecule has 1 aromatic rings. The molecule has 0 aromatic heterocycles. The van der Waals surface area contributed by atoms with Crippen molar-refractivity contribution in [3.63, 3.8) is 0 Å². The number of carboxylic acid groups (broad SMARTS) is 1. The Morgan fingerprint density at radius 2 is 2.10 bits per heavy atom. The van der Waals surface area contributed by atoms with Crippen LogP contribution in [0.2, 0.25) is 0 Å². The molecule has 0 fully saturated rings. The van der Waals surface area contributed by atoms with Crippen LogP contribution in [0.3, 0.4) is 0 Å². The molecule has 0 bridgehead atoms. The molecule has 0 aliphatic rings. The van der Waals surface area contributed by atoms with Gasteiger partial charge in [0.2, 0.25) is 5.91 Å². The number of aliphatic carboxylic acids is 1. The molecular formula is C16H21NO3. The number of hydrogen-bond acceptors (Lipinski definition) is 2. The van der Waals surface area contributed by atoms with E-state index in [-0.39, 0.29) is 5.91 Å². The summed E-state index contributed by atoms with van der Waals surface area (Å²) in [7, 11) is 0. The second kappa shape index (κ2) is 7.48. The van der Waals surface area contributed by atoms with E-state index < -0.39 is 5.97 Å². The molecule has 2 N–H and O–H groups in total. The van der Waals surface area contributed by atoms with Crippen LogP contribution in [0.1, 0.15) is 37.8 Å². The molecule has 0 heterocycles. The molecule has 1 amide bonds. The van der Waals surface area contributed by atoms with Crippen molar-refractivity contribution in [1.29, 1.82) is 0 Å². The van der Waals surface area contributed by atoms with Crippen LogP contribution >= 0.6 is 0 Å². The van der Waals surface area contributed by atoms with Crippen LogP contribution in [-0.4, -0.2) is 17.0 Å². The highest BCUT2D eigenvalue weighted by Gasteiger charge is 2.08. The first kappa shape index (κ1) is 16.0. The van der Waals surface area contributed by atoms with Crippen molar-refractivity contribution >= 4 is 23.6 Å². The molecule has 0 spiro atoms. The largest absolute Gasteiger partial charge is 0.478 e. The van der Waals surface area contributed by atoms with Gasteiger partial charge in [0.05, 0.1) is 0 Å². The van der Waals surface area contributed by atoms with Crippen molar-refractivity contribution in [3.8, 4) is 0 Å². The van der Waals surface area contributed by atoms with Gasteiger partial charge >= 0.3 is 5.97 Å². The van der Waals surface area contributed by atoms with Crippen molar-refractivity contribution in [1.82, 2.24) is 0 Å². The van der Waals surface area contributed by atoms with E-state index in [1.165, 1.54) is 6.08 Å². The number of aryl methyl sites for hydroxylation is 1. The SMILES string of the molecule is CCC(C)CC(=O)Nc1ccc(C)c(/C=C/C(=O)O)c1. The number of hydrogen-bond donors (Lipinski definition) is 2. The van der Waals surface area contributed by atoms with Crippen molar-refractivity contribution in [2.45, 2.75) is 33.6 Å². The second-order valence-electron chi connectivity index (χ2n) is 5.01. The highest BCUT2D eigenvalue weighted by atomic mass is 16.4. The number of carbonyl (C=O) groups excluding carboxylic acids is 1. The number of amides is 1. The van der Waals surface area contributed by atoms with Gasteiger partial charge in [-0.25, -0.2) is 4.79 Å².